The number of rotatable bonds is 3. The molecule has 24 heavy (non-hydrogen) atoms. The van der Waals surface area contributed by atoms with E-state index in [0.717, 1.165) is 29.0 Å². The van der Waals surface area contributed by atoms with Gasteiger partial charge in [0.15, 0.2) is 0 Å². The van der Waals surface area contributed by atoms with E-state index in [1.807, 2.05) is 52.3 Å². The molecular weight excluding hydrogens is 300 g/mol. The van der Waals surface area contributed by atoms with Gasteiger partial charge in [0.05, 0.1) is 23.8 Å². The third-order valence-corrected chi connectivity index (χ3v) is 4.29. The Hall–Kier alpha value is -2.95. The molecule has 0 radical (unpaired) electrons. The molecule has 5 heteroatoms. The first-order valence-electron chi connectivity index (χ1n) is 8.08. The van der Waals surface area contributed by atoms with E-state index in [9.17, 15) is 4.79 Å². The number of aromatic nitrogens is 2. The average Bonchev–Trinajstić information content (AvgIpc) is 2.64. The van der Waals surface area contributed by atoms with Gasteiger partial charge in [0, 0.05) is 19.6 Å². The van der Waals surface area contributed by atoms with Crippen LogP contribution < -0.4 is 4.90 Å². The highest BCUT2D eigenvalue weighted by molar-refractivity contribution is 5.83. The molecule has 120 valence electrons. The molecule has 5 nitrogen and oxygen atoms in total. The van der Waals surface area contributed by atoms with Crippen LogP contribution in [0.2, 0.25) is 0 Å². The first-order valence-corrected chi connectivity index (χ1v) is 8.08. The number of carbonyl (C=O) groups is 1. The van der Waals surface area contributed by atoms with Crippen LogP contribution in [0.1, 0.15) is 5.56 Å². The van der Waals surface area contributed by atoms with Gasteiger partial charge in [-0.15, -0.1) is 0 Å². The molecule has 1 aliphatic rings. The van der Waals surface area contributed by atoms with Gasteiger partial charge in [-0.25, -0.2) is 4.98 Å². The normalized spacial score (nSPS) is 15.1. The Bertz CT molecular complexity index is 865. The number of carbonyl (C=O) groups excluding carboxylic acids is 1. The van der Waals surface area contributed by atoms with Crippen LogP contribution in [-0.4, -0.2) is 40.4 Å². The Morgan fingerprint density at radius 2 is 1.67 bits per heavy atom. The van der Waals surface area contributed by atoms with Gasteiger partial charge < -0.3 is 9.80 Å². The zero-order chi connectivity index (χ0) is 16.4. The van der Waals surface area contributed by atoms with Gasteiger partial charge in [-0.3, -0.25) is 9.78 Å². The molecule has 0 N–H and O–H groups in total. The summed E-state index contributed by atoms with van der Waals surface area (Å²) in [6.07, 6.45) is 1.75. The minimum absolute atomic E-state index is 0.125. The Balaban J connectivity index is 1.48. The number of piperazine rings is 1. The maximum Gasteiger partial charge on any atom is 0.242 e. The van der Waals surface area contributed by atoms with Crippen molar-refractivity contribution in [3.8, 4) is 0 Å². The summed E-state index contributed by atoms with van der Waals surface area (Å²) in [4.78, 5) is 25.5. The summed E-state index contributed by atoms with van der Waals surface area (Å²) in [5.74, 6) is 0.890. The summed E-state index contributed by atoms with van der Waals surface area (Å²) in [5.41, 5.74) is 2.88. The van der Waals surface area contributed by atoms with Gasteiger partial charge in [0.2, 0.25) is 5.91 Å². The molecule has 2 heterocycles. The molecule has 0 unspecified atom stereocenters. The summed E-state index contributed by atoms with van der Waals surface area (Å²) in [6.45, 7) is 2.48. The number of hydrogen-bond acceptors (Lipinski definition) is 4. The summed E-state index contributed by atoms with van der Waals surface area (Å²) >= 11 is 0. The topological polar surface area (TPSA) is 49.3 Å². The monoisotopic (exact) mass is 318 g/mol. The summed E-state index contributed by atoms with van der Waals surface area (Å²) in [7, 11) is 0. The molecule has 0 atom stereocenters. The molecule has 4 rings (SSSR count). The van der Waals surface area contributed by atoms with E-state index in [2.05, 4.69) is 22.1 Å². The lowest BCUT2D eigenvalue weighted by Gasteiger charge is -2.34. The number of anilines is 1. The molecule has 0 bridgehead atoms. The van der Waals surface area contributed by atoms with Gasteiger partial charge in [-0.05, 0) is 17.7 Å². The Morgan fingerprint density at radius 3 is 2.46 bits per heavy atom. The third-order valence-electron chi connectivity index (χ3n) is 4.29. The average molecular weight is 318 g/mol. The van der Waals surface area contributed by atoms with Gasteiger partial charge in [-0.2, -0.15) is 0 Å². The predicted molar refractivity (Wildman–Crippen MR) is 93.6 cm³/mol. The quantitative estimate of drug-likeness (QED) is 0.744. The number of para-hydroxylation sites is 2. The van der Waals surface area contributed by atoms with Crippen molar-refractivity contribution in [3.63, 3.8) is 0 Å². The second kappa shape index (κ2) is 6.28. The molecule has 0 saturated carbocycles. The van der Waals surface area contributed by atoms with Crippen molar-refractivity contribution in [1.29, 1.82) is 0 Å². The standard InChI is InChI=1S/C19H18N4O/c24-19-14-22(10-11-23(19)13-15-6-2-1-3-7-15)18-12-20-16-8-4-5-9-17(16)21-18/h1-9,12H,10-11,13-14H2. The van der Waals surface area contributed by atoms with Crippen LogP contribution in [0.3, 0.4) is 0 Å². The van der Waals surface area contributed by atoms with E-state index in [0.29, 0.717) is 19.6 Å². The van der Waals surface area contributed by atoms with Crippen LogP contribution >= 0.6 is 0 Å². The van der Waals surface area contributed by atoms with Gasteiger partial charge in [0.25, 0.3) is 0 Å². The second-order valence-corrected chi connectivity index (χ2v) is 5.94. The highest BCUT2D eigenvalue weighted by Gasteiger charge is 2.25. The van der Waals surface area contributed by atoms with Crippen molar-refractivity contribution < 1.29 is 4.79 Å². The van der Waals surface area contributed by atoms with Crippen molar-refractivity contribution in [3.05, 3.63) is 66.4 Å². The summed E-state index contributed by atoms with van der Waals surface area (Å²) < 4.78 is 0. The number of amides is 1. The van der Waals surface area contributed by atoms with Crippen molar-refractivity contribution in [2.75, 3.05) is 24.5 Å². The van der Waals surface area contributed by atoms with Crippen molar-refractivity contribution in [1.82, 2.24) is 14.9 Å². The van der Waals surface area contributed by atoms with Crippen molar-refractivity contribution >= 4 is 22.8 Å². The van der Waals surface area contributed by atoms with Gasteiger partial charge in [-0.1, -0.05) is 42.5 Å². The Labute approximate surface area is 140 Å². The van der Waals surface area contributed by atoms with Crippen LogP contribution in [0.25, 0.3) is 11.0 Å². The van der Waals surface area contributed by atoms with E-state index >= 15 is 0 Å². The fourth-order valence-corrected chi connectivity index (χ4v) is 2.97. The van der Waals surface area contributed by atoms with Crippen LogP contribution in [0.4, 0.5) is 5.82 Å². The Morgan fingerprint density at radius 1 is 0.917 bits per heavy atom. The maximum atomic E-state index is 12.5. The van der Waals surface area contributed by atoms with E-state index in [4.69, 9.17) is 0 Å². The van der Waals surface area contributed by atoms with Crippen molar-refractivity contribution in [2.45, 2.75) is 6.54 Å². The first kappa shape index (κ1) is 14.6. The lowest BCUT2D eigenvalue weighted by molar-refractivity contribution is -0.131. The SMILES string of the molecule is O=C1CN(c2cnc3ccccc3n2)CCN1Cc1ccccc1. The van der Waals surface area contributed by atoms with E-state index in [-0.39, 0.29) is 5.91 Å². The minimum atomic E-state index is 0.125. The highest BCUT2D eigenvalue weighted by Crippen LogP contribution is 2.18. The highest BCUT2D eigenvalue weighted by atomic mass is 16.2. The fraction of sp³-hybridized carbons (Fsp3) is 0.211. The number of nitrogens with zero attached hydrogens (tertiary/aromatic N) is 4. The lowest BCUT2D eigenvalue weighted by atomic mass is 10.2. The molecule has 2 aromatic carbocycles. The molecule has 0 aliphatic carbocycles. The largest absolute Gasteiger partial charge is 0.344 e. The van der Waals surface area contributed by atoms with Gasteiger partial charge in [0.1, 0.15) is 5.82 Å². The predicted octanol–water partition coefficient (Wildman–Crippen LogP) is 2.48. The van der Waals surface area contributed by atoms with Crippen LogP contribution in [0.15, 0.2) is 60.8 Å². The second-order valence-electron chi connectivity index (χ2n) is 5.94. The molecule has 1 aliphatic heterocycles. The third kappa shape index (κ3) is 2.93. The zero-order valence-electron chi connectivity index (χ0n) is 13.3. The molecular formula is C19H18N4O. The number of fused-ring (bicyclic) bond motifs is 1. The van der Waals surface area contributed by atoms with E-state index in [1.165, 1.54) is 0 Å². The molecule has 1 fully saturated rings. The summed E-state index contributed by atoms with van der Waals surface area (Å²) in [5, 5.41) is 0. The molecule has 1 amide bonds. The molecule has 1 saturated heterocycles. The zero-order valence-corrected chi connectivity index (χ0v) is 13.3. The Kier molecular flexibility index (Phi) is 3.83. The number of hydrogen-bond donors (Lipinski definition) is 0. The summed E-state index contributed by atoms with van der Waals surface area (Å²) in [6, 6.07) is 17.9. The minimum Gasteiger partial charge on any atom is -0.344 e. The number of benzene rings is 2. The fourth-order valence-electron chi connectivity index (χ4n) is 2.97. The van der Waals surface area contributed by atoms with Crippen LogP contribution in [0.5, 0.6) is 0 Å². The molecule has 1 aromatic heterocycles. The van der Waals surface area contributed by atoms with Crippen LogP contribution in [0, 0.1) is 0 Å². The van der Waals surface area contributed by atoms with Crippen LogP contribution in [-0.2, 0) is 11.3 Å². The molecule has 0 spiro atoms. The first-order chi connectivity index (χ1) is 11.8. The van der Waals surface area contributed by atoms with E-state index < -0.39 is 0 Å². The van der Waals surface area contributed by atoms with E-state index in [1.54, 1.807) is 6.20 Å². The lowest BCUT2D eigenvalue weighted by Crippen LogP contribution is -2.50. The van der Waals surface area contributed by atoms with Gasteiger partial charge >= 0.3 is 0 Å². The van der Waals surface area contributed by atoms with Crippen molar-refractivity contribution in [2.24, 2.45) is 0 Å². The molecule has 3 aromatic rings. The smallest absolute Gasteiger partial charge is 0.242 e. The maximum absolute atomic E-state index is 12.5.